The van der Waals surface area contributed by atoms with E-state index >= 15 is 0 Å². The van der Waals surface area contributed by atoms with E-state index in [2.05, 4.69) is 36.0 Å². The molecule has 2 N–H and O–H groups in total. The summed E-state index contributed by atoms with van der Waals surface area (Å²) < 4.78 is 0. The maximum absolute atomic E-state index is 12.2. The Hall–Kier alpha value is -1.35. The summed E-state index contributed by atoms with van der Waals surface area (Å²) in [6, 6.07) is 1.78. The Labute approximate surface area is 130 Å². The third kappa shape index (κ3) is 4.57. The zero-order valence-electron chi connectivity index (χ0n) is 12.6. The molecule has 1 amide bonds. The molecule has 0 aliphatic carbocycles. The number of carbonyl (C=O) groups excluding carboxylic acids is 1. The van der Waals surface area contributed by atoms with Crippen LogP contribution < -0.4 is 5.32 Å². The van der Waals surface area contributed by atoms with Crippen LogP contribution in [0.5, 0.6) is 0 Å². The number of amides is 1. The van der Waals surface area contributed by atoms with Crippen molar-refractivity contribution >= 4 is 17.2 Å². The summed E-state index contributed by atoms with van der Waals surface area (Å²) in [7, 11) is 2.14. The lowest BCUT2D eigenvalue weighted by Gasteiger charge is -2.37. The van der Waals surface area contributed by atoms with Gasteiger partial charge in [-0.05, 0) is 44.5 Å². The van der Waals surface area contributed by atoms with E-state index in [-0.39, 0.29) is 17.9 Å². The van der Waals surface area contributed by atoms with E-state index in [0.717, 1.165) is 30.8 Å². The minimum Gasteiger partial charge on any atom is -0.384 e. The van der Waals surface area contributed by atoms with Gasteiger partial charge in [-0.2, -0.15) is 0 Å². The molecule has 2 heterocycles. The number of hydrogen-bond acceptors (Lipinski definition) is 4. The molecular weight excluding hydrogens is 284 g/mol. The van der Waals surface area contributed by atoms with Gasteiger partial charge in [-0.1, -0.05) is 18.8 Å². The van der Waals surface area contributed by atoms with Crippen LogP contribution in [0.15, 0.2) is 11.4 Å². The van der Waals surface area contributed by atoms with E-state index in [9.17, 15) is 4.79 Å². The van der Waals surface area contributed by atoms with E-state index in [1.165, 1.54) is 11.3 Å². The average Bonchev–Trinajstić information content (AvgIpc) is 2.95. The number of nitrogens with zero attached hydrogens (tertiary/aromatic N) is 1. The number of rotatable bonds is 3. The molecular formula is C16H22N2O2S. The summed E-state index contributed by atoms with van der Waals surface area (Å²) >= 11 is 1.43. The molecule has 0 radical (unpaired) electrons. The minimum atomic E-state index is -0.160. The molecule has 21 heavy (non-hydrogen) atoms. The summed E-state index contributed by atoms with van der Waals surface area (Å²) in [5.74, 6) is 5.37. The quantitative estimate of drug-likeness (QED) is 0.833. The Morgan fingerprint density at radius 3 is 2.90 bits per heavy atom. The van der Waals surface area contributed by atoms with Gasteiger partial charge in [-0.25, -0.2) is 0 Å². The molecule has 1 saturated heterocycles. The van der Waals surface area contributed by atoms with Crippen LogP contribution in [0.3, 0.4) is 0 Å². The second-order valence-electron chi connectivity index (χ2n) is 5.96. The van der Waals surface area contributed by atoms with Crippen molar-refractivity contribution in [3.05, 3.63) is 21.9 Å². The van der Waals surface area contributed by atoms with Gasteiger partial charge in [0.05, 0.1) is 10.4 Å². The lowest BCUT2D eigenvalue weighted by Crippen LogP contribution is -2.43. The van der Waals surface area contributed by atoms with E-state index in [4.69, 9.17) is 5.11 Å². The Kier molecular flexibility index (Phi) is 5.40. The molecule has 5 heteroatoms. The normalized spacial score (nSPS) is 17.9. The van der Waals surface area contributed by atoms with Gasteiger partial charge in [-0.15, -0.1) is 11.3 Å². The van der Waals surface area contributed by atoms with Gasteiger partial charge in [0.25, 0.3) is 5.91 Å². The summed E-state index contributed by atoms with van der Waals surface area (Å²) in [6.45, 7) is 4.98. The molecule has 1 aliphatic rings. The summed E-state index contributed by atoms with van der Waals surface area (Å²) in [5.41, 5.74) is 0.844. The van der Waals surface area contributed by atoms with Crippen molar-refractivity contribution in [2.45, 2.75) is 19.8 Å². The van der Waals surface area contributed by atoms with Crippen LogP contribution in [0.2, 0.25) is 0 Å². The van der Waals surface area contributed by atoms with Crippen LogP contribution in [-0.4, -0.2) is 49.2 Å². The number of piperidine rings is 1. The number of likely N-dealkylation sites (tertiary alicyclic amines) is 1. The Morgan fingerprint density at radius 1 is 1.52 bits per heavy atom. The number of carbonyl (C=O) groups is 1. The molecule has 2 rings (SSSR count). The molecule has 114 valence electrons. The van der Waals surface area contributed by atoms with Gasteiger partial charge >= 0.3 is 0 Å². The predicted molar refractivity (Wildman–Crippen MR) is 85.5 cm³/mol. The molecule has 1 fully saturated rings. The van der Waals surface area contributed by atoms with Crippen molar-refractivity contribution in [2.24, 2.45) is 5.41 Å². The van der Waals surface area contributed by atoms with Crippen molar-refractivity contribution in [1.82, 2.24) is 10.2 Å². The molecule has 0 saturated carbocycles. The highest BCUT2D eigenvalue weighted by atomic mass is 32.1. The Balaban J connectivity index is 1.88. The van der Waals surface area contributed by atoms with Crippen LogP contribution in [0.4, 0.5) is 0 Å². The molecule has 0 bridgehead atoms. The van der Waals surface area contributed by atoms with Crippen molar-refractivity contribution in [3.8, 4) is 11.8 Å². The largest absolute Gasteiger partial charge is 0.384 e. The first kappa shape index (κ1) is 16.0. The van der Waals surface area contributed by atoms with E-state index < -0.39 is 0 Å². The van der Waals surface area contributed by atoms with Crippen molar-refractivity contribution in [2.75, 3.05) is 33.3 Å². The Morgan fingerprint density at radius 2 is 2.24 bits per heavy atom. The smallest absolute Gasteiger partial charge is 0.252 e. The van der Waals surface area contributed by atoms with Crippen LogP contribution in [0.25, 0.3) is 0 Å². The van der Waals surface area contributed by atoms with Crippen LogP contribution in [0.1, 0.15) is 35.0 Å². The highest BCUT2D eigenvalue weighted by molar-refractivity contribution is 7.10. The fourth-order valence-electron chi connectivity index (χ4n) is 2.38. The number of nitrogens with one attached hydrogen (secondary N) is 1. The topological polar surface area (TPSA) is 52.6 Å². The zero-order valence-corrected chi connectivity index (χ0v) is 13.4. The first-order valence-corrected chi connectivity index (χ1v) is 8.05. The lowest BCUT2D eigenvalue weighted by atomic mass is 9.80. The van der Waals surface area contributed by atoms with Gasteiger partial charge in [0.2, 0.25) is 0 Å². The first-order valence-electron chi connectivity index (χ1n) is 7.17. The number of hydrogen-bond donors (Lipinski definition) is 2. The molecule has 0 aromatic carbocycles. The van der Waals surface area contributed by atoms with Crippen LogP contribution in [-0.2, 0) is 0 Å². The summed E-state index contributed by atoms with van der Waals surface area (Å²) in [5, 5.41) is 13.5. The fraction of sp³-hybridized carbons (Fsp3) is 0.562. The lowest BCUT2D eigenvalue weighted by molar-refractivity contribution is 0.0892. The van der Waals surface area contributed by atoms with E-state index in [0.29, 0.717) is 12.1 Å². The highest BCUT2D eigenvalue weighted by Crippen LogP contribution is 2.29. The molecule has 0 atom stereocenters. The minimum absolute atomic E-state index is 0.0385. The monoisotopic (exact) mass is 306 g/mol. The van der Waals surface area contributed by atoms with Crippen LogP contribution >= 0.6 is 11.3 Å². The molecule has 4 nitrogen and oxygen atoms in total. The summed E-state index contributed by atoms with van der Waals surface area (Å²) in [6.07, 6.45) is 2.22. The van der Waals surface area contributed by atoms with E-state index in [1.807, 2.05) is 5.38 Å². The van der Waals surface area contributed by atoms with Gasteiger partial charge < -0.3 is 15.3 Å². The standard InChI is InChI=1S/C16H22N2O2S/c1-16(5-7-18(2)8-6-16)12-17-15(20)13-10-14(21-11-13)4-3-9-19/h10-11,19H,5-9,12H2,1-2H3,(H,17,20). The third-order valence-corrected chi connectivity index (χ3v) is 4.87. The van der Waals surface area contributed by atoms with Crippen molar-refractivity contribution in [3.63, 3.8) is 0 Å². The third-order valence-electron chi connectivity index (χ3n) is 4.02. The maximum Gasteiger partial charge on any atom is 0.252 e. The second kappa shape index (κ2) is 7.08. The van der Waals surface area contributed by atoms with Crippen molar-refractivity contribution < 1.29 is 9.90 Å². The second-order valence-corrected chi connectivity index (χ2v) is 6.87. The zero-order chi connectivity index (χ0) is 15.3. The SMILES string of the molecule is CN1CCC(C)(CNC(=O)c2csc(C#CCO)c2)CC1. The predicted octanol–water partition coefficient (Wildman–Crippen LogP) is 1.55. The van der Waals surface area contributed by atoms with Gasteiger partial charge in [0, 0.05) is 11.9 Å². The molecule has 1 aliphatic heterocycles. The molecule has 1 aromatic rings. The Bertz CT molecular complexity index is 548. The van der Waals surface area contributed by atoms with Gasteiger partial charge in [0.1, 0.15) is 6.61 Å². The first-order chi connectivity index (χ1) is 10.0. The number of thiophene rings is 1. The molecule has 1 aromatic heterocycles. The fourth-order valence-corrected chi connectivity index (χ4v) is 3.13. The van der Waals surface area contributed by atoms with Crippen molar-refractivity contribution in [1.29, 1.82) is 0 Å². The summed E-state index contributed by atoms with van der Waals surface area (Å²) in [4.78, 5) is 15.3. The van der Waals surface area contributed by atoms with Crippen LogP contribution in [0, 0.1) is 17.3 Å². The number of aliphatic hydroxyl groups is 1. The average molecular weight is 306 g/mol. The van der Waals surface area contributed by atoms with Gasteiger partial charge in [0.15, 0.2) is 0 Å². The molecule has 0 spiro atoms. The molecule has 0 unspecified atom stereocenters. The van der Waals surface area contributed by atoms with Gasteiger partial charge in [-0.3, -0.25) is 4.79 Å². The van der Waals surface area contributed by atoms with E-state index in [1.54, 1.807) is 6.07 Å². The number of aliphatic hydroxyl groups excluding tert-OH is 1. The maximum atomic E-state index is 12.2. The highest BCUT2D eigenvalue weighted by Gasteiger charge is 2.29.